The number of hydrogen-bond acceptors (Lipinski definition) is 3. The van der Waals surface area contributed by atoms with E-state index in [1.807, 2.05) is 13.8 Å². The van der Waals surface area contributed by atoms with Crippen LogP contribution in [0, 0.1) is 5.92 Å². The molecule has 0 bridgehead atoms. The van der Waals surface area contributed by atoms with Gasteiger partial charge in [0.1, 0.15) is 0 Å². The number of hydrogen-bond donors (Lipinski definition) is 3. The maximum Gasteiger partial charge on any atom is 0.240 e. The fourth-order valence-corrected chi connectivity index (χ4v) is 1.50. The lowest BCUT2D eigenvalue weighted by Crippen LogP contribution is -2.59. The van der Waals surface area contributed by atoms with E-state index in [1.54, 1.807) is 0 Å². The first-order valence-corrected chi connectivity index (χ1v) is 5.78. The van der Waals surface area contributed by atoms with E-state index in [0.717, 1.165) is 6.42 Å². The molecule has 0 aliphatic heterocycles. The summed E-state index contributed by atoms with van der Waals surface area (Å²) in [7, 11) is 0. The zero-order chi connectivity index (χ0) is 12.2. The van der Waals surface area contributed by atoms with E-state index in [4.69, 9.17) is 5.73 Å². The molecule has 0 radical (unpaired) electrons. The van der Waals surface area contributed by atoms with E-state index in [1.165, 1.54) is 0 Å². The van der Waals surface area contributed by atoms with Crippen LogP contribution in [0.25, 0.3) is 0 Å². The van der Waals surface area contributed by atoms with Crippen LogP contribution in [-0.2, 0) is 9.59 Å². The van der Waals surface area contributed by atoms with Crippen molar-refractivity contribution in [3.63, 3.8) is 0 Å². The third-order valence-corrected chi connectivity index (χ3v) is 2.81. The number of carbonyl (C=O) groups is 2. The Morgan fingerprint density at radius 1 is 1.31 bits per heavy atom. The summed E-state index contributed by atoms with van der Waals surface area (Å²) in [4.78, 5) is 22.9. The van der Waals surface area contributed by atoms with Gasteiger partial charge in [-0.2, -0.15) is 0 Å². The molecule has 5 heteroatoms. The second-order valence-electron chi connectivity index (χ2n) is 4.89. The Bertz CT molecular complexity index is 272. The van der Waals surface area contributed by atoms with Crippen LogP contribution in [0.2, 0.25) is 0 Å². The maximum atomic E-state index is 11.6. The van der Waals surface area contributed by atoms with E-state index in [-0.39, 0.29) is 18.4 Å². The molecule has 1 aliphatic carbocycles. The Labute approximate surface area is 96.1 Å². The van der Waals surface area contributed by atoms with Crippen LogP contribution < -0.4 is 16.4 Å². The highest BCUT2D eigenvalue weighted by molar-refractivity contribution is 5.90. The average molecular weight is 227 g/mol. The molecule has 0 aromatic heterocycles. The standard InChI is InChI=1S/C11H21N3O2/c1-8(2)6-13-9(15)7-14-10(16)11(12)4-3-5-11/h8H,3-7,12H2,1-2H3,(H,13,15)(H,14,16). The van der Waals surface area contributed by atoms with Crippen molar-refractivity contribution in [3.8, 4) is 0 Å². The predicted molar refractivity (Wildman–Crippen MR) is 61.6 cm³/mol. The van der Waals surface area contributed by atoms with Gasteiger partial charge in [-0.05, 0) is 25.2 Å². The lowest BCUT2D eigenvalue weighted by atomic mass is 9.77. The van der Waals surface area contributed by atoms with Gasteiger partial charge >= 0.3 is 0 Å². The molecular weight excluding hydrogens is 206 g/mol. The van der Waals surface area contributed by atoms with Crippen LogP contribution in [0.15, 0.2) is 0 Å². The van der Waals surface area contributed by atoms with Gasteiger partial charge in [0.15, 0.2) is 0 Å². The minimum atomic E-state index is -0.724. The van der Waals surface area contributed by atoms with Gasteiger partial charge < -0.3 is 16.4 Å². The Morgan fingerprint density at radius 2 is 1.94 bits per heavy atom. The van der Waals surface area contributed by atoms with Crippen molar-refractivity contribution in [3.05, 3.63) is 0 Å². The van der Waals surface area contributed by atoms with Crippen molar-refractivity contribution >= 4 is 11.8 Å². The van der Waals surface area contributed by atoms with Crippen molar-refractivity contribution in [1.82, 2.24) is 10.6 Å². The minimum Gasteiger partial charge on any atom is -0.354 e. The molecule has 16 heavy (non-hydrogen) atoms. The third-order valence-electron chi connectivity index (χ3n) is 2.81. The summed E-state index contributed by atoms with van der Waals surface area (Å²) in [5, 5.41) is 5.30. The summed E-state index contributed by atoms with van der Waals surface area (Å²) >= 11 is 0. The van der Waals surface area contributed by atoms with Crippen LogP contribution in [0.4, 0.5) is 0 Å². The van der Waals surface area contributed by atoms with Gasteiger partial charge in [0.05, 0.1) is 12.1 Å². The lowest BCUT2D eigenvalue weighted by molar-refractivity contribution is -0.131. The molecule has 0 aromatic rings. The molecule has 1 saturated carbocycles. The molecule has 0 spiro atoms. The fraction of sp³-hybridized carbons (Fsp3) is 0.818. The van der Waals surface area contributed by atoms with Crippen LogP contribution >= 0.6 is 0 Å². The number of nitrogens with one attached hydrogen (secondary N) is 2. The molecule has 1 rings (SSSR count). The van der Waals surface area contributed by atoms with Gasteiger partial charge in [-0.3, -0.25) is 9.59 Å². The van der Waals surface area contributed by atoms with Crippen molar-refractivity contribution in [2.24, 2.45) is 11.7 Å². The largest absolute Gasteiger partial charge is 0.354 e. The minimum absolute atomic E-state index is 0.0184. The lowest BCUT2D eigenvalue weighted by Gasteiger charge is -2.36. The summed E-state index contributed by atoms with van der Waals surface area (Å²) in [5.41, 5.74) is 5.09. The van der Waals surface area contributed by atoms with E-state index in [0.29, 0.717) is 25.3 Å². The number of rotatable bonds is 5. The first kappa shape index (κ1) is 13.0. The Hall–Kier alpha value is -1.10. The van der Waals surface area contributed by atoms with E-state index >= 15 is 0 Å². The Kier molecular flexibility index (Phi) is 4.29. The molecule has 0 unspecified atom stereocenters. The predicted octanol–water partition coefficient (Wildman–Crippen LogP) is -0.244. The van der Waals surface area contributed by atoms with Gasteiger partial charge in [-0.25, -0.2) is 0 Å². The van der Waals surface area contributed by atoms with Crippen LogP contribution in [0.5, 0.6) is 0 Å². The summed E-state index contributed by atoms with van der Waals surface area (Å²) in [6, 6.07) is 0. The molecule has 2 amide bonds. The highest BCUT2D eigenvalue weighted by Gasteiger charge is 2.39. The summed E-state index contributed by atoms with van der Waals surface area (Å²) < 4.78 is 0. The average Bonchev–Trinajstić information content (AvgIpc) is 2.19. The summed E-state index contributed by atoms with van der Waals surface area (Å²) in [6.07, 6.45) is 2.42. The number of amides is 2. The van der Waals surface area contributed by atoms with Crippen LogP contribution in [0.3, 0.4) is 0 Å². The first-order valence-electron chi connectivity index (χ1n) is 5.78. The molecule has 1 fully saturated rings. The van der Waals surface area contributed by atoms with E-state index in [2.05, 4.69) is 10.6 Å². The van der Waals surface area contributed by atoms with Crippen LogP contribution in [-0.4, -0.2) is 30.4 Å². The molecule has 1 aliphatic rings. The molecule has 4 N–H and O–H groups in total. The number of carbonyl (C=O) groups excluding carboxylic acids is 2. The summed E-state index contributed by atoms with van der Waals surface area (Å²) in [5.74, 6) is 0.0376. The van der Waals surface area contributed by atoms with Gasteiger partial charge in [0.25, 0.3) is 0 Å². The van der Waals surface area contributed by atoms with Crippen molar-refractivity contribution in [2.75, 3.05) is 13.1 Å². The smallest absolute Gasteiger partial charge is 0.240 e. The zero-order valence-corrected chi connectivity index (χ0v) is 10.0. The second-order valence-corrected chi connectivity index (χ2v) is 4.89. The molecule has 5 nitrogen and oxygen atoms in total. The van der Waals surface area contributed by atoms with Gasteiger partial charge in [0, 0.05) is 6.54 Å². The van der Waals surface area contributed by atoms with E-state index in [9.17, 15) is 9.59 Å². The Balaban J connectivity index is 2.19. The molecule has 0 aromatic carbocycles. The molecule has 92 valence electrons. The van der Waals surface area contributed by atoms with Crippen LogP contribution in [0.1, 0.15) is 33.1 Å². The highest BCUT2D eigenvalue weighted by atomic mass is 16.2. The quantitative estimate of drug-likeness (QED) is 0.606. The fourth-order valence-electron chi connectivity index (χ4n) is 1.50. The SMILES string of the molecule is CC(C)CNC(=O)CNC(=O)C1(N)CCC1. The highest BCUT2D eigenvalue weighted by Crippen LogP contribution is 2.28. The molecule has 0 heterocycles. The maximum absolute atomic E-state index is 11.6. The topological polar surface area (TPSA) is 84.2 Å². The van der Waals surface area contributed by atoms with Crippen molar-refractivity contribution in [1.29, 1.82) is 0 Å². The Morgan fingerprint density at radius 3 is 2.38 bits per heavy atom. The molecule has 0 saturated heterocycles. The van der Waals surface area contributed by atoms with Crippen molar-refractivity contribution in [2.45, 2.75) is 38.6 Å². The monoisotopic (exact) mass is 227 g/mol. The molecular formula is C11H21N3O2. The van der Waals surface area contributed by atoms with Gasteiger partial charge in [-0.1, -0.05) is 13.8 Å². The van der Waals surface area contributed by atoms with Crippen molar-refractivity contribution < 1.29 is 9.59 Å². The summed E-state index contributed by atoms with van der Waals surface area (Å²) in [6.45, 7) is 4.68. The second kappa shape index (κ2) is 5.30. The normalized spacial score (nSPS) is 17.8. The zero-order valence-electron chi connectivity index (χ0n) is 10.0. The van der Waals surface area contributed by atoms with Gasteiger partial charge in [0.2, 0.25) is 11.8 Å². The van der Waals surface area contributed by atoms with E-state index < -0.39 is 5.54 Å². The number of nitrogens with two attached hydrogens (primary N) is 1. The van der Waals surface area contributed by atoms with Gasteiger partial charge in [-0.15, -0.1) is 0 Å². The molecule has 0 atom stereocenters. The third kappa shape index (κ3) is 3.48. The first-order chi connectivity index (χ1) is 7.44.